The molecule has 1 N–H and O–H groups in total. The van der Waals surface area contributed by atoms with Crippen LogP contribution in [0.2, 0.25) is 0 Å². The first-order valence-corrected chi connectivity index (χ1v) is 9.35. The molecule has 2 fully saturated rings. The summed E-state index contributed by atoms with van der Waals surface area (Å²) >= 11 is 0. The Balaban J connectivity index is 1.41. The Bertz CT molecular complexity index is 658. The number of piperidine rings is 1. The van der Waals surface area contributed by atoms with Gasteiger partial charge in [0.1, 0.15) is 5.75 Å². The molecule has 1 unspecified atom stereocenters. The van der Waals surface area contributed by atoms with Gasteiger partial charge < -0.3 is 14.8 Å². The topological polar surface area (TPSA) is 61.2 Å². The standard InChI is InChI=1S/C19H26N4O2/c1-2-11-24-19(5-1)23-18(8-10-22-23)17-7-6-16(13-21-17)25-14-15-4-3-9-20-12-15/h6-8,10,13,15,19-20H,1-5,9,11-12,14H2/t15-,19?/m0/s1. The van der Waals surface area contributed by atoms with E-state index < -0.39 is 0 Å². The molecule has 0 saturated carbocycles. The fourth-order valence-electron chi connectivity index (χ4n) is 3.56. The third-order valence-corrected chi connectivity index (χ3v) is 4.98. The number of hydrogen-bond acceptors (Lipinski definition) is 5. The lowest BCUT2D eigenvalue weighted by Gasteiger charge is -2.24. The quantitative estimate of drug-likeness (QED) is 0.905. The highest BCUT2D eigenvalue weighted by Gasteiger charge is 2.20. The van der Waals surface area contributed by atoms with Crippen molar-refractivity contribution in [3.8, 4) is 17.1 Å². The minimum absolute atomic E-state index is 0.0234. The fourth-order valence-corrected chi connectivity index (χ4v) is 3.56. The lowest BCUT2D eigenvalue weighted by Crippen LogP contribution is -2.33. The van der Waals surface area contributed by atoms with Crippen molar-refractivity contribution < 1.29 is 9.47 Å². The number of rotatable bonds is 5. The highest BCUT2D eigenvalue weighted by Crippen LogP contribution is 2.28. The van der Waals surface area contributed by atoms with Gasteiger partial charge in [0, 0.05) is 25.3 Å². The van der Waals surface area contributed by atoms with E-state index in [0.717, 1.165) is 56.3 Å². The predicted molar refractivity (Wildman–Crippen MR) is 95.4 cm³/mol. The molecule has 25 heavy (non-hydrogen) atoms. The zero-order chi connectivity index (χ0) is 16.9. The molecule has 4 heterocycles. The second kappa shape index (κ2) is 7.97. The van der Waals surface area contributed by atoms with Crippen LogP contribution >= 0.6 is 0 Å². The minimum Gasteiger partial charge on any atom is -0.492 e. The summed E-state index contributed by atoms with van der Waals surface area (Å²) in [6.07, 6.45) is 9.44. The molecule has 2 aromatic rings. The molecule has 6 nitrogen and oxygen atoms in total. The Morgan fingerprint density at radius 3 is 2.96 bits per heavy atom. The molecule has 2 atom stereocenters. The molecule has 0 aromatic carbocycles. The van der Waals surface area contributed by atoms with Gasteiger partial charge in [0.15, 0.2) is 6.23 Å². The van der Waals surface area contributed by atoms with Gasteiger partial charge in [0.25, 0.3) is 0 Å². The molecule has 0 spiro atoms. The predicted octanol–water partition coefficient (Wildman–Crippen LogP) is 3.02. The van der Waals surface area contributed by atoms with Gasteiger partial charge in [0.2, 0.25) is 0 Å². The summed E-state index contributed by atoms with van der Waals surface area (Å²) in [4.78, 5) is 4.58. The van der Waals surface area contributed by atoms with Gasteiger partial charge in [0.05, 0.1) is 24.2 Å². The molecule has 2 aromatic heterocycles. The van der Waals surface area contributed by atoms with Crippen LogP contribution in [0.4, 0.5) is 0 Å². The zero-order valence-corrected chi connectivity index (χ0v) is 14.6. The van der Waals surface area contributed by atoms with E-state index in [1.807, 2.05) is 35.3 Å². The molecule has 2 aliphatic heterocycles. The van der Waals surface area contributed by atoms with Crippen molar-refractivity contribution in [2.45, 2.75) is 38.3 Å². The number of nitrogens with zero attached hydrogens (tertiary/aromatic N) is 3. The molecule has 4 rings (SSSR count). The van der Waals surface area contributed by atoms with Crippen LogP contribution in [0.3, 0.4) is 0 Å². The third-order valence-electron chi connectivity index (χ3n) is 4.98. The molecule has 0 aliphatic carbocycles. The maximum absolute atomic E-state index is 5.91. The number of pyridine rings is 1. The van der Waals surface area contributed by atoms with E-state index in [2.05, 4.69) is 15.4 Å². The molecule has 0 bridgehead atoms. The molecule has 6 heteroatoms. The molecular formula is C19H26N4O2. The maximum atomic E-state index is 5.91. The summed E-state index contributed by atoms with van der Waals surface area (Å²) in [7, 11) is 0. The SMILES string of the molecule is c1cc(-c2ccc(OC[C@H]3CCCNC3)cn2)n(C2CCCCO2)n1. The molecular weight excluding hydrogens is 316 g/mol. The van der Waals surface area contributed by atoms with E-state index in [1.165, 1.54) is 19.3 Å². The number of nitrogens with one attached hydrogen (secondary N) is 1. The number of aromatic nitrogens is 3. The van der Waals surface area contributed by atoms with E-state index in [-0.39, 0.29) is 6.23 Å². The van der Waals surface area contributed by atoms with Crippen molar-refractivity contribution in [3.63, 3.8) is 0 Å². The Morgan fingerprint density at radius 2 is 2.20 bits per heavy atom. The number of hydrogen-bond donors (Lipinski definition) is 1. The van der Waals surface area contributed by atoms with Crippen LogP contribution in [0.1, 0.15) is 38.3 Å². The van der Waals surface area contributed by atoms with E-state index in [1.54, 1.807) is 0 Å². The smallest absolute Gasteiger partial charge is 0.150 e. The van der Waals surface area contributed by atoms with E-state index in [9.17, 15) is 0 Å². The van der Waals surface area contributed by atoms with Crippen LogP contribution in [-0.4, -0.2) is 41.1 Å². The molecule has 2 saturated heterocycles. The summed E-state index contributed by atoms with van der Waals surface area (Å²) in [5.74, 6) is 1.42. The average Bonchev–Trinajstić information content (AvgIpc) is 3.18. The highest BCUT2D eigenvalue weighted by atomic mass is 16.5. The number of ether oxygens (including phenoxy) is 2. The van der Waals surface area contributed by atoms with Crippen molar-refractivity contribution >= 4 is 0 Å². The molecule has 0 amide bonds. The molecule has 2 aliphatic rings. The first-order chi connectivity index (χ1) is 12.4. The van der Waals surface area contributed by atoms with Gasteiger partial charge in [-0.2, -0.15) is 5.10 Å². The largest absolute Gasteiger partial charge is 0.492 e. The summed E-state index contributed by atoms with van der Waals surface area (Å²) in [6, 6.07) is 6.00. The van der Waals surface area contributed by atoms with Crippen LogP contribution in [0, 0.1) is 5.92 Å². The third kappa shape index (κ3) is 4.02. The molecule has 0 radical (unpaired) electrons. The van der Waals surface area contributed by atoms with Gasteiger partial charge in [-0.05, 0) is 56.8 Å². The lowest BCUT2D eigenvalue weighted by molar-refractivity contribution is -0.0384. The summed E-state index contributed by atoms with van der Waals surface area (Å²) in [5, 5.41) is 7.87. The van der Waals surface area contributed by atoms with E-state index in [4.69, 9.17) is 9.47 Å². The summed E-state index contributed by atoms with van der Waals surface area (Å²) < 4.78 is 13.7. The van der Waals surface area contributed by atoms with Crippen molar-refractivity contribution in [3.05, 3.63) is 30.6 Å². The van der Waals surface area contributed by atoms with Crippen molar-refractivity contribution in [1.82, 2.24) is 20.1 Å². The first-order valence-electron chi connectivity index (χ1n) is 9.35. The van der Waals surface area contributed by atoms with E-state index in [0.29, 0.717) is 5.92 Å². The van der Waals surface area contributed by atoms with Gasteiger partial charge >= 0.3 is 0 Å². The fraction of sp³-hybridized carbons (Fsp3) is 0.579. The average molecular weight is 342 g/mol. The first kappa shape index (κ1) is 16.5. The van der Waals surface area contributed by atoms with Gasteiger partial charge in [-0.15, -0.1) is 0 Å². The summed E-state index contributed by atoms with van der Waals surface area (Å²) in [6.45, 7) is 3.74. The maximum Gasteiger partial charge on any atom is 0.150 e. The lowest BCUT2D eigenvalue weighted by atomic mass is 10.0. The van der Waals surface area contributed by atoms with Crippen LogP contribution in [0.5, 0.6) is 5.75 Å². The van der Waals surface area contributed by atoms with Crippen molar-refractivity contribution in [2.75, 3.05) is 26.3 Å². The Hall–Kier alpha value is -1.92. The van der Waals surface area contributed by atoms with Crippen LogP contribution < -0.4 is 10.1 Å². The second-order valence-electron chi connectivity index (χ2n) is 6.88. The van der Waals surface area contributed by atoms with Crippen molar-refractivity contribution in [1.29, 1.82) is 0 Å². The zero-order valence-electron chi connectivity index (χ0n) is 14.6. The highest BCUT2D eigenvalue weighted by molar-refractivity contribution is 5.54. The van der Waals surface area contributed by atoms with Gasteiger partial charge in [-0.3, -0.25) is 4.98 Å². The van der Waals surface area contributed by atoms with Crippen LogP contribution in [-0.2, 0) is 4.74 Å². The van der Waals surface area contributed by atoms with Crippen molar-refractivity contribution in [2.24, 2.45) is 5.92 Å². The van der Waals surface area contributed by atoms with Gasteiger partial charge in [-0.25, -0.2) is 4.68 Å². The Labute approximate surface area is 148 Å². The molecule has 134 valence electrons. The minimum atomic E-state index is 0.0234. The second-order valence-corrected chi connectivity index (χ2v) is 6.88. The normalized spacial score (nSPS) is 24.2. The Morgan fingerprint density at radius 1 is 1.20 bits per heavy atom. The Kier molecular flexibility index (Phi) is 5.28. The van der Waals surface area contributed by atoms with Crippen LogP contribution in [0.15, 0.2) is 30.6 Å². The van der Waals surface area contributed by atoms with Gasteiger partial charge in [-0.1, -0.05) is 0 Å². The van der Waals surface area contributed by atoms with Crippen LogP contribution in [0.25, 0.3) is 11.4 Å². The monoisotopic (exact) mass is 342 g/mol. The summed E-state index contributed by atoms with van der Waals surface area (Å²) in [5.41, 5.74) is 1.90. The van der Waals surface area contributed by atoms with E-state index >= 15 is 0 Å².